The highest BCUT2D eigenvalue weighted by Gasteiger charge is 2.35. The van der Waals surface area contributed by atoms with Crippen LogP contribution in [0.5, 0.6) is 0 Å². The second kappa shape index (κ2) is 4.64. The van der Waals surface area contributed by atoms with E-state index in [0.717, 1.165) is 12.1 Å². The summed E-state index contributed by atoms with van der Waals surface area (Å²) in [6, 6.07) is 2.55. The normalized spacial score (nSPS) is 12.9. The quantitative estimate of drug-likeness (QED) is 0.808. The van der Waals surface area contributed by atoms with Crippen LogP contribution in [0.2, 0.25) is 0 Å². The van der Waals surface area contributed by atoms with Crippen LogP contribution in [0.1, 0.15) is 37.8 Å². The molecule has 0 aliphatic heterocycles. The van der Waals surface area contributed by atoms with Crippen molar-refractivity contribution >= 4 is 0 Å². The maximum atomic E-state index is 13.3. The Morgan fingerprint density at radius 1 is 1.12 bits per heavy atom. The molecule has 0 radical (unpaired) electrons. The van der Waals surface area contributed by atoms with E-state index < -0.39 is 23.2 Å². The minimum Gasteiger partial charge on any atom is -0.385 e. The molecule has 1 aromatic carbocycles. The molecule has 0 aliphatic carbocycles. The fourth-order valence-corrected chi connectivity index (χ4v) is 1.69. The van der Waals surface area contributed by atoms with Gasteiger partial charge in [0.05, 0.1) is 11.2 Å². The van der Waals surface area contributed by atoms with Crippen LogP contribution >= 0.6 is 0 Å². The lowest BCUT2D eigenvalue weighted by atomic mass is 9.88. The van der Waals surface area contributed by atoms with Crippen LogP contribution in [0, 0.1) is 5.82 Å². The molecule has 0 aliphatic rings. The van der Waals surface area contributed by atoms with Gasteiger partial charge in [-0.15, -0.1) is 0 Å². The van der Waals surface area contributed by atoms with E-state index in [2.05, 4.69) is 0 Å². The van der Waals surface area contributed by atoms with Crippen molar-refractivity contribution in [3.63, 3.8) is 0 Å². The van der Waals surface area contributed by atoms with Gasteiger partial charge in [-0.2, -0.15) is 13.2 Å². The molecule has 1 N–H and O–H groups in total. The van der Waals surface area contributed by atoms with Gasteiger partial charge in [-0.05, 0) is 30.5 Å². The van der Waals surface area contributed by atoms with Gasteiger partial charge in [0.15, 0.2) is 0 Å². The Kier molecular flexibility index (Phi) is 3.81. The standard InChI is InChI=1S/C12H14F4O/c1-3-11(17,4-2)8-5-6-9(10(13)7-8)12(14,15)16/h5-7,17H,3-4H2,1-2H3. The van der Waals surface area contributed by atoms with Crippen molar-refractivity contribution in [1.82, 2.24) is 0 Å². The summed E-state index contributed by atoms with van der Waals surface area (Å²) < 4.78 is 50.3. The Labute approximate surface area is 97.1 Å². The lowest BCUT2D eigenvalue weighted by Gasteiger charge is -2.26. The van der Waals surface area contributed by atoms with Crippen molar-refractivity contribution in [2.45, 2.75) is 38.5 Å². The van der Waals surface area contributed by atoms with E-state index in [1.807, 2.05) is 0 Å². The van der Waals surface area contributed by atoms with Crippen LogP contribution in [-0.4, -0.2) is 5.11 Å². The third-order valence-electron chi connectivity index (χ3n) is 2.98. The number of rotatable bonds is 3. The number of hydrogen-bond donors (Lipinski definition) is 1. The molecule has 17 heavy (non-hydrogen) atoms. The number of hydrogen-bond acceptors (Lipinski definition) is 1. The summed E-state index contributed by atoms with van der Waals surface area (Å²) in [6.45, 7) is 3.39. The van der Waals surface area contributed by atoms with Gasteiger partial charge in [0.1, 0.15) is 5.82 Å². The molecule has 1 rings (SSSR count). The van der Waals surface area contributed by atoms with E-state index in [1.165, 1.54) is 0 Å². The second-order valence-electron chi connectivity index (χ2n) is 3.93. The predicted octanol–water partition coefficient (Wildman–Crippen LogP) is 3.85. The molecule has 1 nitrogen and oxygen atoms in total. The summed E-state index contributed by atoms with van der Waals surface area (Å²) in [7, 11) is 0. The molecule has 0 fully saturated rings. The van der Waals surface area contributed by atoms with Crippen molar-refractivity contribution in [2.24, 2.45) is 0 Å². The van der Waals surface area contributed by atoms with Crippen LogP contribution in [-0.2, 0) is 11.8 Å². The molecule has 96 valence electrons. The van der Waals surface area contributed by atoms with E-state index in [1.54, 1.807) is 13.8 Å². The van der Waals surface area contributed by atoms with Gasteiger partial charge in [0, 0.05) is 0 Å². The largest absolute Gasteiger partial charge is 0.419 e. The van der Waals surface area contributed by atoms with E-state index in [9.17, 15) is 22.7 Å². The molecular weight excluding hydrogens is 236 g/mol. The van der Waals surface area contributed by atoms with Crippen LogP contribution in [0.4, 0.5) is 17.6 Å². The smallest absolute Gasteiger partial charge is 0.385 e. The first-order valence-corrected chi connectivity index (χ1v) is 5.34. The maximum absolute atomic E-state index is 13.3. The Hall–Kier alpha value is -1.10. The van der Waals surface area contributed by atoms with Crippen LogP contribution in [0.25, 0.3) is 0 Å². The van der Waals surface area contributed by atoms with E-state index in [4.69, 9.17) is 0 Å². The lowest BCUT2D eigenvalue weighted by molar-refractivity contribution is -0.140. The number of alkyl halides is 3. The van der Waals surface area contributed by atoms with Gasteiger partial charge < -0.3 is 5.11 Å². The summed E-state index contributed by atoms with van der Waals surface area (Å²) in [5.41, 5.74) is -2.41. The van der Waals surface area contributed by atoms with Gasteiger partial charge >= 0.3 is 6.18 Å². The molecule has 0 bridgehead atoms. The average molecular weight is 250 g/mol. The van der Waals surface area contributed by atoms with Crippen molar-refractivity contribution in [1.29, 1.82) is 0 Å². The fourth-order valence-electron chi connectivity index (χ4n) is 1.69. The Bertz CT molecular complexity index is 394. The zero-order valence-corrected chi connectivity index (χ0v) is 9.61. The van der Waals surface area contributed by atoms with E-state index in [0.29, 0.717) is 18.9 Å². The van der Waals surface area contributed by atoms with Gasteiger partial charge in [0.2, 0.25) is 0 Å². The molecule has 0 atom stereocenters. The number of benzene rings is 1. The topological polar surface area (TPSA) is 20.2 Å². The van der Waals surface area contributed by atoms with Gasteiger partial charge in [-0.25, -0.2) is 4.39 Å². The van der Waals surface area contributed by atoms with Crippen molar-refractivity contribution < 1.29 is 22.7 Å². The summed E-state index contributed by atoms with van der Waals surface area (Å²) in [5, 5.41) is 10.1. The molecule has 0 unspecified atom stereocenters. The average Bonchev–Trinajstić information content (AvgIpc) is 2.26. The summed E-state index contributed by atoms with van der Waals surface area (Å²) in [4.78, 5) is 0. The van der Waals surface area contributed by atoms with Crippen LogP contribution < -0.4 is 0 Å². The van der Waals surface area contributed by atoms with E-state index in [-0.39, 0.29) is 5.56 Å². The van der Waals surface area contributed by atoms with Gasteiger partial charge in [-0.3, -0.25) is 0 Å². The zero-order chi connectivity index (χ0) is 13.3. The molecule has 0 aromatic heterocycles. The third-order valence-corrected chi connectivity index (χ3v) is 2.98. The number of aliphatic hydroxyl groups is 1. The van der Waals surface area contributed by atoms with Gasteiger partial charge in [0.25, 0.3) is 0 Å². The van der Waals surface area contributed by atoms with Crippen molar-refractivity contribution in [3.8, 4) is 0 Å². The van der Waals surface area contributed by atoms with Gasteiger partial charge in [-0.1, -0.05) is 19.9 Å². The monoisotopic (exact) mass is 250 g/mol. The van der Waals surface area contributed by atoms with Crippen molar-refractivity contribution in [3.05, 3.63) is 35.1 Å². The highest BCUT2D eigenvalue weighted by Crippen LogP contribution is 2.35. The molecule has 0 saturated heterocycles. The highest BCUT2D eigenvalue weighted by atomic mass is 19.4. The molecule has 0 heterocycles. The summed E-state index contributed by atoms with van der Waals surface area (Å²) in [5.74, 6) is -1.35. The highest BCUT2D eigenvalue weighted by molar-refractivity contribution is 5.30. The van der Waals surface area contributed by atoms with Crippen molar-refractivity contribution in [2.75, 3.05) is 0 Å². The first kappa shape index (κ1) is 14.0. The summed E-state index contributed by atoms with van der Waals surface area (Å²) in [6.07, 6.45) is -4.08. The van der Waals surface area contributed by atoms with Crippen LogP contribution in [0.15, 0.2) is 18.2 Å². The molecular formula is C12H14F4O. The fraction of sp³-hybridized carbons (Fsp3) is 0.500. The SMILES string of the molecule is CCC(O)(CC)c1ccc(C(F)(F)F)c(F)c1. The molecule has 0 spiro atoms. The predicted molar refractivity (Wildman–Crippen MR) is 55.9 cm³/mol. The molecule has 1 aromatic rings. The minimum absolute atomic E-state index is 0.174. The second-order valence-corrected chi connectivity index (χ2v) is 3.93. The first-order chi connectivity index (χ1) is 7.74. The third kappa shape index (κ3) is 2.77. The Morgan fingerprint density at radius 3 is 2.00 bits per heavy atom. The maximum Gasteiger partial charge on any atom is 0.419 e. The lowest BCUT2D eigenvalue weighted by Crippen LogP contribution is -2.24. The van der Waals surface area contributed by atoms with Crippen LogP contribution in [0.3, 0.4) is 0 Å². The molecule has 0 amide bonds. The Balaban J connectivity index is 3.22. The number of halogens is 4. The van der Waals surface area contributed by atoms with E-state index >= 15 is 0 Å². The zero-order valence-electron chi connectivity index (χ0n) is 9.61. The Morgan fingerprint density at radius 2 is 1.65 bits per heavy atom. The minimum atomic E-state index is -4.71. The molecule has 0 saturated carbocycles. The first-order valence-electron chi connectivity index (χ1n) is 5.34. The summed E-state index contributed by atoms with van der Waals surface area (Å²) >= 11 is 0. The molecule has 5 heteroatoms.